The summed E-state index contributed by atoms with van der Waals surface area (Å²) in [5.41, 5.74) is 0. The Morgan fingerprint density at radius 3 is 1.46 bits per heavy atom. The van der Waals surface area contributed by atoms with E-state index in [1.807, 2.05) is 0 Å². The van der Waals surface area contributed by atoms with E-state index in [4.69, 9.17) is 14.7 Å². The van der Waals surface area contributed by atoms with Gasteiger partial charge in [-0.25, -0.2) is 4.57 Å². The van der Waals surface area contributed by atoms with Gasteiger partial charge in [0.2, 0.25) is 0 Å². The SMILES string of the molecule is C1=CCCC1.CP(=O)(O)P(=O)(O)O. The third-order valence-corrected chi connectivity index (χ3v) is 5.26. The van der Waals surface area contributed by atoms with Crippen LogP contribution in [0.5, 0.6) is 0 Å². The molecule has 5 nitrogen and oxygen atoms in total. The monoisotopic (exact) mass is 228 g/mol. The van der Waals surface area contributed by atoms with Crippen LogP contribution in [0, 0.1) is 0 Å². The first-order chi connectivity index (χ1) is 5.75. The van der Waals surface area contributed by atoms with Gasteiger partial charge in [-0.2, -0.15) is 0 Å². The van der Waals surface area contributed by atoms with E-state index in [1.165, 1.54) is 19.3 Å². The van der Waals surface area contributed by atoms with E-state index in [-0.39, 0.29) is 0 Å². The van der Waals surface area contributed by atoms with Crippen LogP contribution in [-0.2, 0) is 9.13 Å². The van der Waals surface area contributed by atoms with Gasteiger partial charge in [0.1, 0.15) is 0 Å². The molecular formula is C6H14O5P2. The van der Waals surface area contributed by atoms with E-state index in [9.17, 15) is 9.13 Å². The highest BCUT2D eigenvalue weighted by Gasteiger charge is 2.33. The van der Waals surface area contributed by atoms with Crippen molar-refractivity contribution in [3.05, 3.63) is 12.2 Å². The summed E-state index contributed by atoms with van der Waals surface area (Å²) in [6, 6.07) is 0. The lowest BCUT2D eigenvalue weighted by Gasteiger charge is -2.04. The maximum absolute atomic E-state index is 10.0. The van der Waals surface area contributed by atoms with Gasteiger partial charge < -0.3 is 14.7 Å². The van der Waals surface area contributed by atoms with Gasteiger partial charge in [-0.3, -0.25) is 4.57 Å². The molecule has 1 aliphatic carbocycles. The van der Waals surface area contributed by atoms with Crippen LogP contribution in [-0.4, -0.2) is 21.3 Å². The first-order valence-electron chi connectivity index (χ1n) is 3.76. The molecule has 0 aromatic carbocycles. The normalized spacial score (nSPS) is 20.3. The van der Waals surface area contributed by atoms with Crippen LogP contribution >= 0.6 is 14.3 Å². The zero-order valence-electron chi connectivity index (χ0n) is 7.33. The zero-order chi connectivity index (χ0) is 10.5. The summed E-state index contributed by atoms with van der Waals surface area (Å²) in [6.45, 7) is 0.619. The molecule has 1 atom stereocenters. The summed E-state index contributed by atoms with van der Waals surface area (Å²) in [4.78, 5) is 24.1. The van der Waals surface area contributed by atoms with Crippen LogP contribution < -0.4 is 0 Å². The molecule has 0 saturated heterocycles. The van der Waals surface area contributed by atoms with Crippen LogP contribution in [0.15, 0.2) is 12.2 Å². The molecule has 0 bridgehead atoms. The van der Waals surface area contributed by atoms with Crippen molar-refractivity contribution in [2.45, 2.75) is 19.3 Å². The highest BCUT2D eigenvalue weighted by Crippen LogP contribution is 2.71. The van der Waals surface area contributed by atoms with Gasteiger partial charge >= 0.3 is 14.3 Å². The fourth-order valence-corrected chi connectivity index (χ4v) is 0.589. The highest BCUT2D eigenvalue weighted by molar-refractivity contribution is 8.28. The van der Waals surface area contributed by atoms with E-state index in [1.54, 1.807) is 0 Å². The second-order valence-corrected chi connectivity index (χ2v) is 9.24. The number of rotatable bonds is 1. The van der Waals surface area contributed by atoms with Crippen molar-refractivity contribution < 1.29 is 23.8 Å². The summed E-state index contributed by atoms with van der Waals surface area (Å²) >= 11 is 0. The predicted octanol–water partition coefficient (Wildman–Crippen LogP) is 1.71. The minimum absolute atomic E-state index is 0.619. The predicted molar refractivity (Wildman–Crippen MR) is 50.8 cm³/mol. The van der Waals surface area contributed by atoms with Crippen molar-refractivity contribution in [1.29, 1.82) is 0 Å². The average Bonchev–Trinajstić information content (AvgIpc) is 2.35. The lowest BCUT2D eigenvalue weighted by Crippen LogP contribution is -1.77. The van der Waals surface area contributed by atoms with Gasteiger partial charge in [-0.05, 0) is 19.3 Å². The van der Waals surface area contributed by atoms with Crippen molar-refractivity contribution in [3.63, 3.8) is 0 Å². The number of hydrogen-bond acceptors (Lipinski definition) is 2. The third-order valence-electron chi connectivity index (χ3n) is 1.39. The minimum atomic E-state index is -4.74. The number of allylic oxidation sites excluding steroid dienone is 2. The van der Waals surface area contributed by atoms with Crippen LogP contribution in [0.1, 0.15) is 19.3 Å². The molecule has 0 heterocycles. The van der Waals surface area contributed by atoms with Crippen molar-refractivity contribution in [1.82, 2.24) is 0 Å². The summed E-state index contributed by atoms with van der Waals surface area (Å²) < 4.78 is 19.9. The topological polar surface area (TPSA) is 94.8 Å². The molecule has 1 rings (SSSR count). The molecule has 0 saturated carbocycles. The number of hydrogen-bond donors (Lipinski definition) is 3. The Morgan fingerprint density at radius 2 is 1.38 bits per heavy atom. The molecule has 7 heteroatoms. The molecule has 0 spiro atoms. The van der Waals surface area contributed by atoms with Crippen molar-refractivity contribution in [2.24, 2.45) is 0 Å². The van der Waals surface area contributed by atoms with Gasteiger partial charge in [-0.15, -0.1) is 0 Å². The maximum atomic E-state index is 10.0. The summed E-state index contributed by atoms with van der Waals surface area (Å²) in [5.74, 6) is 0. The Balaban J connectivity index is 0.000000243. The van der Waals surface area contributed by atoms with E-state index >= 15 is 0 Å². The van der Waals surface area contributed by atoms with Gasteiger partial charge in [0.05, 0.1) is 0 Å². The molecule has 1 unspecified atom stereocenters. The fraction of sp³-hybridized carbons (Fsp3) is 0.667. The molecule has 3 N–H and O–H groups in total. The highest BCUT2D eigenvalue weighted by atomic mass is 32.1. The molecule has 0 aromatic heterocycles. The standard InChI is InChI=1S/C5H8.CH6O5P2/c1-2-4-5-3-1;1-7(2,3)8(4,5)6/h1-2H,3-5H2;1H3,(H,2,3)(H2,4,5,6). The quantitative estimate of drug-likeness (QED) is 0.469. The molecule has 0 fully saturated rings. The molecule has 0 amide bonds. The molecule has 1 aliphatic rings. The molecular weight excluding hydrogens is 214 g/mol. The smallest absolute Gasteiger partial charge is 0.336 e. The molecule has 13 heavy (non-hydrogen) atoms. The Kier molecular flexibility index (Phi) is 5.11. The van der Waals surface area contributed by atoms with E-state index in [0.717, 1.165) is 0 Å². The Morgan fingerprint density at radius 1 is 1.08 bits per heavy atom. The van der Waals surface area contributed by atoms with Crippen LogP contribution in [0.3, 0.4) is 0 Å². The fourth-order valence-electron chi connectivity index (χ4n) is 0.589. The lowest BCUT2D eigenvalue weighted by molar-refractivity contribution is 0.378. The first kappa shape index (κ1) is 13.1. The van der Waals surface area contributed by atoms with Crippen molar-refractivity contribution >= 4 is 14.3 Å². The van der Waals surface area contributed by atoms with Gasteiger partial charge in [-0.1, -0.05) is 12.2 Å². The second kappa shape index (κ2) is 5.08. The van der Waals surface area contributed by atoms with Crippen LogP contribution in [0.2, 0.25) is 0 Å². The lowest BCUT2D eigenvalue weighted by atomic mass is 10.4. The molecule has 0 aliphatic heterocycles. The Labute approximate surface area is 77.0 Å². The van der Waals surface area contributed by atoms with E-state index in [0.29, 0.717) is 6.66 Å². The zero-order valence-corrected chi connectivity index (χ0v) is 9.12. The summed E-state index contributed by atoms with van der Waals surface area (Å²) in [5, 5.41) is 0. The van der Waals surface area contributed by atoms with E-state index in [2.05, 4.69) is 12.2 Å². The Bertz CT molecular complexity index is 234. The molecule has 78 valence electrons. The second-order valence-electron chi connectivity index (χ2n) is 2.75. The van der Waals surface area contributed by atoms with Crippen LogP contribution in [0.25, 0.3) is 0 Å². The van der Waals surface area contributed by atoms with Gasteiger partial charge in [0.25, 0.3) is 0 Å². The minimum Gasteiger partial charge on any atom is -0.336 e. The third kappa shape index (κ3) is 6.19. The largest absolute Gasteiger partial charge is 0.407 e. The van der Waals surface area contributed by atoms with Crippen molar-refractivity contribution in [2.75, 3.05) is 6.66 Å². The average molecular weight is 228 g/mol. The van der Waals surface area contributed by atoms with Gasteiger partial charge in [0, 0.05) is 6.66 Å². The molecule has 0 radical (unpaired) electrons. The van der Waals surface area contributed by atoms with E-state index < -0.39 is 14.3 Å². The maximum Gasteiger partial charge on any atom is 0.407 e. The summed E-state index contributed by atoms with van der Waals surface area (Å²) in [6.07, 6.45) is 8.50. The molecule has 0 aromatic rings. The Hall–Kier alpha value is 0.0800. The van der Waals surface area contributed by atoms with Crippen LogP contribution in [0.4, 0.5) is 0 Å². The van der Waals surface area contributed by atoms with Crippen molar-refractivity contribution in [3.8, 4) is 0 Å². The van der Waals surface area contributed by atoms with Gasteiger partial charge in [0.15, 0.2) is 0 Å². The summed E-state index contributed by atoms with van der Waals surface area (Å²) in [7, 11) is -8.92. The first-order valence-corrected chi connectivity index (χ1v) is 8.19.